The number of ether oxygens (including phenoxy) is 3. The normalized spacial score (nSPS) is 16.2. The van der Waals surface area contributed by atoms with Gasteiger partial charge in [-0.25, -0.2) is 0 Å². The SMILES string of the molecule is COc1cc(CC(=O)N2CCCC2c2ccc(C)c(C)c2)cc(OC)c1OC. The average molecular weight is 383 g/mol. The van der Waals surface area contributed by atoms with Crippen LogP contribution >= 0.6 is 0 Å². The summed E-state index contributed by atoms with van der Waals surface area (Å²) < 4.78 is 16.2. The molecule has 1 fully saturated rings. The summed E-state index contributed by atoms with van der Waals surface area (Å²) >= 11 is 0. The monoisotopic (exact) mass is 383 g/mol. The Balaban J connectivity index is 1.83. The summed E-state index contributed by atoms with van der Waals surface area (Å²) in [5.41, 5.74) is 4.61. The second-order valence-electron chi connectivity index (χ2n) is 7.30. The number of nitrogens with zero attached hydrogens (tertiary/aromatic N) is 1. The highest BCUT2D eigenvalue weighted by Gasteiger charge is 2.30. The van der Waals surface area contributed by atoms with Gasteiger partial charge in [-0.15, -0.1) is 0 Å². The number of benzene rings is 2. The fourth-order valence-electron chi connectivity index (χ4n) is 3.90. The largest absolute Gasteiger partial charge is 0.493 e. The molecule has 1 aliphatic heterocycles. The second kappa shape index (κ2) is 8.55. The average Bonchev–Trinajstić information content (AvgIpc) is 3.19. The summed E-state index contributed by atoms with van der Waals surface area (Å²) in [7, 11) is 4.74. The predicted octanol–water partition coefficient (Wildman–Crippen LogP) is 4.24. The molecule has 1 amide bonds. The first-order valence-corrected chi connectivity index (χ1v) is 9.64. The number of methoxy groups -OCH3 is 3. The molecule has 0 bridgehead atoms. The van der Waals surface area contributed by atoms with E-state index in [2.05, 4.69) is 32.0 Å². The molecule has 5 heteroatoms. The Morgan fingerprint density at radius 3 is 2.25 bits per heavy atom. The first kappa shape index (κ1) is 20.1. The molecule has 0 saturated carbocycles. The third-order valence-electron chi connectivity index (χ3n) is 5.57. The van der Waals surface area contributed by atoms with E-state index < -0.39 is 0 Å². The highest BCUT2D eigenvalue weighted by atomic mass is 16.5. The zero-order valence-electron chi connectivity index (χ0n) is 17.4. The van der Waals surface area contributed by atoms with Crippen LogP contribution in [0, 0.1) is 13.8 Å². The van der Waals surface area contributed by atoms with Crippen molar-refractivity contribution in [1.29, 1.82) is 0 Å². The number of hydrogen-bond acceptors (Lipinski definition) is 4. The number of rotatable bonds is 6. The van der Waals surface area contributed by atoms with E-state index in [1.54, 1.807) is 21.3 Å². The molecule has 0 spiro atoms. The molecule has 1 atom stereocenters. The molecule has 5 nitrogen and oxygen atoms in total. The minimum Gasteiger partial charge on any atom is -0.493 e. The molecule has 3 rings (SSSR count). The summed E-state index contributed by atoms with van der Waals surface area (Å²) in [5.74, 6) is 1.79. The molecule has 0 radical (unpaired) electrons. The maximum Gasteiger partial charge on any atom is 0.227 e. The molecule has 28 heavy (non-hydrogen) atoms. The van der Waals surface area contributed by atoms with Crippen LogP contribution in [0.5, 0.6) is 17.2 Å². The summed E-state index contributed by atoms with van der Waals surface area (Å²) in [6.07, 6.45) is 2.33. The van der Waals surface area contributed by atoms with Gasteiger partial charge in [-0.1, -0.05) is 18.2 Å². The van der Waals surface area contributed by atoms with Gasteiger partial charge in [0.1, 0.15) is 0 Å². The Bertz CT molecular complexity index is 837. The Kier molecular flexibility index (Phi) is 6.12. The van der Waals surface area contributed by atoms with Crippen LogP contribution in [0.1, 0.15) is 41.1 Å². The number of carbonyl (C=O) groups excluding carboxylic acids is 1. The Morgan fingerprint density at radius 2 is 1.68 bits per heavy atom. The summed E-state index contributed by atoms with van der Waals surface area (Å²) in [5, 5.41) is 0. The van der Waals surface area contributed by atoms with E-state index in [4.69, 9.17) is 14.2 Å². The molecule has 1 saturated heterocycles. The molecule has 0 aliphatic carbocycles. The van der Waals surface area contributed by atoms with Gasteiger partial charge in [-0.3, -0.25) is 4.79 Å². The first-order chi connectivity index (χ1) is 13.5. The van der Waals surface area contributed by atoms with Gasteiger partial charge in [0.2, 0.25) is 11.7 Å². The molecular weight excluding hydrogens is 354 g/mol. The smallest absolute Gasteiger partial charge is 0.227 e. The fraction of sp³-hybridized carbons (Fsp3) is 0.435. The molecular formula is C23H29NO4. The Hall–Kier alpha value is -2.69. The minimum atomic E-state index is 0.120. The van der Waals surface area contributed by atoms with Gasteiger partial charge >= 0.3 is 0 Å². The predicted molar refractivity (Wildman–Crippen MR) is 109 cm³/mol. The van der Waals surface area contributed by atoms with E-state index in [0.29, 0.717) is 23.7 Å². The van der Waals surface area contributed by atoms with Crippen molar-refractivity contribution in [2.24, 2.45) is 0 Å². The number of aryl methyl sites for hydroxylation is 2. The second-order valence-corrected chi connectivity index (χ2v) is 7.30. The van der Waals surface area contributed by atoms with Crippen molar-refractivity contribution >= 4 is 5.91 Å². The molecule has 0 aromatic heterocycles. The lowest BCUT2D eigenvalue weighted by Crippen LogP contribution is -2.31. The van der Waals surface area contributed by atoms with E-state index in [1.807, 2.05) is 17.0 Å². The van der Waals surface area contributed by atoms with Crippen LogP contribution in [0.25, 0.3) is 0 Å². The third-order valence-corrected chi connectivity index (χ3v) is 5.57. The molecule has 1 unspecified atom stereocenters. The van der Waals surface area contributed by atoms with E-state index in [0.717, 1.165) is 24.9 Å². The van der Waals surface area contributed by atoms with Gasteiger partial charge in [0.25, 0.3) is 0 Å². The molecule has 1 aliphatic rings. The zero-order valence-corrected chi connectivity index (χ0v) is 17.4. The van der Waals surface area contributed by atoms with Crippen molar-refractivity contribution in [2.75, 3.05) is 27.9 Å². The standard InChI is InChI=1S/C23H29NO4/c1-15-8-9-18(11-16(15)2)19-7-6-10-24(19)22(25)14-17-12-20(26-3)23(28-5)21(13-17)27-4/h8-9,11-13,19H,6-7,10,14H2,1-5H3. The molecule has 150 valence electrons. The lowest BCUT2D eigenvalue weighted by atomic mass is 9.99. The van der Waals surface area contributed by atoms with Crippen LogP contribution in [0.15, 0.2) is 30.3 Å². The molecule has 2 aromatic carbocycles. The van der Waals surface area contributed by atoms with E-state index >= 15 is 0 Å². The van der Waals surface area contributed by atoms with Crippen molar-refractivity contribution in [2.45, 2.75) is 39.2 Å². The quantitative estimate of drug-likeness (QED) is 0.749. The van der Waals surface area contributed by atoms with Gasteiger partial charge < -0.3 is 19.1 Å². The van der Waals surface area contributed by atoms with Gasteiger partial charge in [0.15, 0.2) is 11.5 Å². The Labute approximate surface area is 167 Å². The van der Waals surface area contributed by atoms with Crippen molar-refractivity contribution in [3.05, 3.63) is 52.6 Å². The van der Waals surface area contributed by atoms with Gasteiger partial charge in [-0.2, -0.15) is 0 Å². The van der Waals surface area contributed by atoms with Gasteiger partial charge in [0.05, 0.1) is 33.8 Å². The highest BCUT2D eigenvalue weighted by Crippen LogP contribution is 2.39. The maximum absolute atomic E-state index is 13.1. The summed E-state index contributed by atoms with van der Waals surface area (Å²) in [4.78, 5) is 15.1. The highest BCUT2D eigenvalue weighted by molar-refractivity contribution is 5.80. The molecule has 2 aromatic rings. The maximum atomic E-state index is 13.1. The third kappa shape index (κ3) is 3.93. The van der Waals surface area contributed by atoms with Crippen LogP contribution in [0.3, 0.4) is 0 Å². The van der Waals surface area contributed by atoms with Crippen molar-refractivity contribution < 1.29 is 19.0 Å². The fourth-order valence-corrected chi connectivity index (χ4v) is 3.90. The molecule has 0 N–H and O–H groups in total. The number of hydrogen-bond donors (Lipinski definition) is 0. The number of carbonyl (C=O) groups is 1. The summed E-state index contributed by atoms with van der Waals surface area (Å²) in [6, 6.07) is 10.4. The summed E-state index contributed by atoms with van der Waals surface area (Å²) in [6.45, 7) is 5.03. The van der Waals surface area contributed by atoms with Crippen LogP contribution in [0.4, 0.5) is 0 Å². The van der Waals surface area contributed by atoms with Crippen LogP contribution in [-0.2, 0) is 11.2 Å². The number of amides is 1. The van der Waals surface area contributed by atoms with Crippen molar-refractivity contribution in [3.8, 4) is 17.2 Å². The van der Waals surface area contributed by atoms with Crippen molar-refractivity contribution in [1.82, 2.24) is 4.90 Å². The lowest BCUT2D eigenvalue weighted by molar-refractivity contribution is -0.131. The Morgan fingerprint density at radius 1 is 1.00 bits per heavy atom. The van der Waals surface area contributed by atoms with Crippen LogP contribution in [0.2, 0.25) is 0 Å². The minimum absolute atomic E-state index is 0.120. The van der Waals surface area contributed by atoms with Gasteiger partial charge in [-0.05, 0) is 61.1 Å². The van der Waals surface area contributed by atoms with E-state index in [1.165, 1.54) is 16.7 Å². The lowest BCUT2D eigenvalue weighted by Gasteiger charge is -2.26. The van der Waals surface area contributed by atoms with Crippen LogP contribution < -0.4 is 14.2 Å². The molecule has 1 heterocycles. The van der Waals surface area contributed by atoms with Crippen molar-refractivity contribution in [3.63, 3.8) is 0 Å². The van der Waals surface area contributed by atoms with E-state index in [9.17, 15) is 4.79 Å². The zero-order chi connectivity index (χ0) is 20.3. The number of likely N-dealkylation sites (tertiary alicyclic amines) is 1. The van der Waals surface area contributed by atoms with Crippen LogP contribution in [-0.4, -0.2) is 38.7 Å². The van der Waals surface area contributed by atoms with Gasteiger partial charge in [0, 0.05) is 6.54 Å². The van der Waals surface area contributed by atoms with E-state index in [-0.39, 0.29) is 11.9 Å². The topological polar surface area (TPSA) is 48.0 Å². The first-order valence-electron chi connectivity index (χ1n) is 9.64.